The highest BCUT2D eigenvalue weighted by Gasteiger charge is 2.43. The molecule has 0 amide bonds. The first-order valence-electron chi connectivity index (χ1n) is 5.71. The second-order valence-corrected chi connectivity index (χ2v) is 9.40. The number of carbonyl (C=O) groups excluding carboxylic acids is 1. The normalized spacial score (nSPS) is 31.7. The number of isocyanates is 1. The van der Waals surface area contributed by atoms with Crippen molar-refractivity contribution >= 4 is 14.4 Å². The van der Waals surface area contributed by atoms with E-state index in [1.807, 2.05) is 6.92 Å². The Balaban J connectivity index is 2.84. The predicted molar refractivity (Wildman–Crippen MR) is 63.2 cm³/mol. The lowest BCUT2D eigenvalue weighted by atomic mass is 9.90. The third kappa shape index (κ3) is 3.00. The molecule has 3 nitrogen and oxygen atoms in total. The van der Waals surface area contributed by atoms with Gasteiger partial charge in [-0.05, 0) is 38.9 Å². The Kier molecular flexibility index (Phi) is 3.87. The van der Waals surface area contributed by atoms with E-state index in [1.54, 1.807) is 6.08 Å². The first-order chi connectivity index (χ1) is 6.93. The SMILES string of the molecule is CCC(N=C=O)C1(C)CCC[Si](C)(C)O1. The lowest BCUT2D eigenvalue weighted by Crippen LogP contribution is -2.52. The third-order valence-corrected chi connectivity index (χ3v) is 5.84. The van der Waals surface area contributed by atoms with Gasteiger partial charge in [0.25, 0.3) is 0 Å². The smallest absolute Gasteiger partial charge is 0.235 e. The highest BCUT2D eigenvalue weighted by Crippen LogP contribution is 2.37. The van der Waals surface area contributed by atoms with Crippen LogP contribution in [0.3, 0.4) is 0 Å². The number of rotatable bonds is 3. The van der Waals surface area contributed by atoms with E-state index in [2.05, 4.69) is 25.0 Å². The Labute approximate surface area is 93.1 Å². The maximum atomic E-state index is 10.4. The molecule has 86 valence electrons. The minimum atomic E-state index is -1.52. The summed E-state index contributed by atoms with van der Waals surface area (Å²) >= 11 is 0. The van der Waals surface area contributed by atoms with Crippen molar-refractivity contribution in [3.63, 3.8) is 0 Å². The second kappa shape index (κ2) is 4.60. The van der Waals surface area contributed by atoms with Crippen molar-refractivity contribution in [3.05, 3.63) is 0 Å². The molecule has 0 N–H and O–H groups in total. The molecule has 0 radical (unpaired) electrons. The number of hydrogen-bond donors (Lipinski definition) is 0. The van der Waals surface area contributed by atoms with Gasteiger partial charge >= 0.3 is 0 Å². The molecule has 0 aliphatic carbocycles. The maximum Gasteiger partial charge on any atom is 0.235 e. The van der Waals surface area contributed by atoms with Crippen molar-refractivity contribution in [2.75, 3.05) is 0 Å². The molecule has 0 bridgehead atoms. The number of nitrogens with zero attached hydrogens (tertiary/aromatic N) is 1. The monoisotopic (exact) mass is 227 g/mol. The van der Waals surface area contributed by atoms with Crippen LogP contribution < -0.4 is 0 Å². The molecule has 2 unspecified atom stereocenters. The molecule has 0 aromatic rings. The highest BCUT2D eigenvalue weighted by atomic mass is 28.4. The minimum Gasteiger partial charge on any atom is -0.410 e. The summed E-state index contributed by atoms with van der Waals surface area (Å²) in [6.07, 6.45) is 4.72. The van der Waals surface area contributed by atoms with Crippen LogP contribution in [0.1, 0.15) is 33.1 Å². The van der Waals surface area contributed by atoms with Crippen molar-refractivity contribution in [2.24, 2.45) is 4.99 Å². The van der Waals surface area contributed by atoms with Gasteiger partial charge < -0.3 is 4.43 Å². The minimum absolute atomic E-state index is 0.0259. The van der Waals surface area contributed by atoms with E-state index >= 15 is 0 Å². The number of aliphatic imine (C=N–C) groups is 1. The fraction of sp³-hybridized carbons (Fsp3) is 0.909. The van der Waals surface area contributed by atoms with Crippen molar-refractivity contribution in [1.29, 1.82) is 0 Å². The first-order valence-corrected chi connectivity index (χ1v) is 8.82. The van der Waals surface area contributed by atoms with Crippen LogP contribution in [0.2, 0.25) is 19.1 Å². The van der Waals surface area contributed by atoms with Gasteiger partial charge in [0.2, 0.25) is 6.08 Å². The standard InChI is InChI=1S/C11H21NO2Si/c1-5-10(12-9-13)11(2)7-6-8-15(3,4)14-11/h10H,5-8H2,1-4H3. The Bertz CT molecular complexity index is 274. The van der Waals surface area contributed by atoms with E-state index in [1.165, 1.54) is 12.5 Å². The van der Waals surface area contributed by atoms with Gasteiger partial charge in [0, 0.05) is 0 Å². The van der Waals surface area contributed by atoms with E-state index < -0.39 is 8.32 Å². The molecule has 1 fully saturated rings. The average Bonchev–Trinajstić information content (AvgIpc) is 2.11. The van der Waals surface area contributed by atoms with Gasteiger partial charge in [-0.2, -0.15) is 4.99 Å². The van der Waals surface area contributed by atoms with Crippen LogP contribution >= 0.6 is 0 Å². The van der Waals surface area contributed by atoms with Crippen LogP contribution in [0.15, 0.2) is 4.99 Å². The fourth-order valence-electron chi connectivity index (χ4n) is 2.56. The quantitative estimate of drug-likeness (QED) is 0.422. The topological polar surface area (TPSA) is 38.7 Å². The molecule has 2 atom stereocenters. The molecule has 1 saturated heterocycles. The summed E-state index contributed by atoms with van der Waals surface area (Å²) in [6.45, 7) is 8.61. The van der Waals surface area contributed by atoms with Crippen LogP contribution in [-0.2, 0) is 9.22 Å². The molecular weight excluding hydrogens is 206 g/mol. The zero-order valence-corrected chi connectivity index (χ0v) is 11.2. The van der Waals surface area contributed by atoms with Gasteiger partial charge in [0.05, 0.1) is 11.6 Å². The molecule has 1 heterocycles. The Morgan fingerprint density at radius 2 is 2.27 bits per heavy atom. The van der Waals surface area contributed by atoms with Gasteiger partial charge in [-0.3, -0.25) is 0 Å². The first kappa shape index (κ1) is 12.6. The van der Waals surface area contributed by atoms with E-state index in [0.29, 0.717) is 0 Å². The lowest BCUT2D eigenvalue weighted by molar-refractivity contribution is 0.0270. The van der Waals surface area contributed by atoms with E-state index in [4.69, 9.17) is 4.43 Å². The zero-order valence-electron chi connectivity index (χ0n) is 10.2. The predicted octanol–water partition coefficient (Wildman–Crippen LogP) is 2.88. The zero-order chi connectivity index (χ0) is 11.5. The van der Waals surface area contributed by atoms with Crippen LogP contribution in [0.25, 0.3) is 0 Å². The molecule has 1 aliphatic heterocycles. The summed E-state index contributed by atoms with van der Waals surface area (Å²) in [5.74, 6) is 0. The molecular formula is C11H21NO2Si. The summed E-state index contributed by atoms with van der Waals surface area (Å²) in [7, 11) is -1.52. The summed E-state index contributed by atoms with van der Waals surface area (Å²) in [5, 5.41) is 0. The molecule has 0 aromatic carbocycles. The summed E-state index contributed by atoms with van der Waals surface area (Å²) < 4.78 is 6.23. The van der Waals surface area contributed by atoms with Crippen molar-refractivity contribution in [3.8, 4) is 0 Å². The Morgan fingerprint density at radius 3 is 2.73 bits per heavy atom. The van der Waals surface area contributed by atoms with Gasteiger partial charge in [0.1, 0.15) is 0 Å². The van der Waals surface area contributed by atoms with Crippen LogP contribution in [0.4, 0.5) is 0 Å². The molecule has 0 spiro atoms. The van der Waals surface area contributed by atoms with E-state index in [0.717, 1.165) is 12.8 Å². The Hall–Kier alpha value is -0.443. The molecule has 4 heteroatoms. The van der Waals surface area contributed by atoms with Gasteiger partial charge in [-0.15, -0.1) is 0 Å². The van der Waals surface area contributed by atoms with Crippen molar-refractivity contribution in [2.45, 2.75) is 63.9 Å². The van der Waals surface area contributed by atoms with Gasteiger partial charge in [0.15, 0.2) is 8.32 Å². The highest BCUT2D eigenvalue weighted by molar-refractivity contribution is 6.71. The molecule has 1 aliphatic rings. The number of hydrogen-bond acceptors (Lipinski definition) is 3. The summed E-state index contributed by atoms with van der Waals surface area (Å²) in [5.41, 5.74) is -0.236. The van der Waals surface area contributed by atoms with E-state index in [9.17, 15) is 4.79 Å². The molecule has 15 heavy (non-hydrogen) atoms. The fourth-order valence-corrected chi connectivity index (χ4v) is 5.19. The summed E-state index contributed by atoms with van der Waals surface area (Å²) in [6, 6.07) is 1.19. The Morgan fingerprint density at radius 1 is 1.60 bits per heavy atom. The van der Waals surface area contributed by atoms with Gasteiger partial charge in [-0.1, -0.05) is 13.3 Å². The van der Waals surface area contributed by atoms with Crippen LogP contribution in [0.5, 0.6) is 0 Å². The van der Waals surface area contributed by atoms with Crippen LogP contribution in [-0.4, -0.2) is 26.0 Å². The largest absolute Gasteiger partial charge is 0.410 e. The second-order valence-electron chi connectivity index (χ2n) is 5.17. The van der Waals surface area contributed by atoms with Gasteiger partial charge in [-0.25, -0.2) is 4.79 Å². The molecule has 0 saturated carbocycles. The summed E-state index contributed by atoms with van der Waals surface area (Å²) in [4.78, 5) is 14.3. The molecule has 1 rings (SSSR count). The van der Waals surface area contributed by atoms with Crippen molar-refractivity contribution in [1.82, 2.24) is 0 Å². The van der Waals surface area contributed by atoms with Crippen molar-refractivity contribution < 1.29 is 9.22 Å². The molecule has 0 aromatic heterocycles. The third-order valence-electron chi connectivity index (χ3n) is 3.26. The van der Waals surface area contributed by atoms with Crippen LogP contribution in [0, 0.1) is 0 Å². The average molecular weight is 227 g/mol. The van der Waals surface area contributed by atoms with E-state index in [-0.39, 0.29) is 11.6 Å². The lowest BCUT2D eigenvalue weighted by Gasteiger charge is -2.45. The maximum absolute atomic E-state index is 10.4.